The van der Waals surface area contributed by atoms with Crippen LogP contribution in [-0.2, 0) is 11.4 Å². The van der Waals surface area contributed by atoms with Crippen molar-refractivity contribution in [3.05, 3.63) is 46.9 Å². The smallest absolute Gasteiger partial charge is 0.299 e. The highest BCUT2D eigenvalue weighted by atomic mass is 35.5. The van der Waals surface area contributed by atoms with Crippen LogP contribution < -0.4 is 4.74 Å². The minimum absolute atomic E-state index is 0.0283. The minimum atomic E-state index is -0.451. The lowest BCUT2D eigenvalue weighted by atomic mass is 10.3. The van der Waals surface area contributed by atoms with Crippen LogP contribution in [0.5, 0.6) is 5.75 Å². The third-order valence-electron chi connectivity index (χ3n) is 3.25. The molecule has 6 nitrogen and oxygen atoms in total. The predicted octanol–water partition coefficient (Wildman–Crippen LogP) is 3.21. The molecule has 0 saturated carbocycles. The Morgan fingerprint density at radius 3 is 3.04 bits per heavy atom. The molecule has 1 aliphatic heterocycles. The Kier molecular flexibility index (Phi) is 4.78. The summed E-state index contributed by atoms with van der Waals surface area (Å²) in [4.78, 5) is 21.5. The maximum atomic E-state index is 13.0. The van der Waals surface area contributed by atoms with Crippen molar-refractivity contribution in [3.8, 4) is 5.75 Å². The van der Waals surface area contributed by atoms with Crippen molar-refractivity contribution in [1.82, 2.24) is 10.0 Å². The van der Waals surface area contributed by atoms with Crippen molar-refractivity contribution < 1.29 is 23.2 Å². The van der Waals surface area contributed by atoms with Gasteiger partial charge in [0.15, 0.2) is 12.3 Å². The van der Waals surface area contributed by atoms with E-state index in [1.165, 1.54) is 23.5 Å². The van der Waals surface area contributed by atoms with Gasteiger partial charge >= 0.3 is 0 Å². The Hall–Kier alpha value is -2.12. The molecule has 3 rings (SSSR count). The van der Waals surface area contributed by atoms with Crippen molar-refractivity contribution in [2.75, 3.05) is 13.2 Å². The fourth-order valence-electron chi connectivity index (χ4n) is 2.09. The number of carbonyl (C=O) groups is 1. The van der Waals surface area contributed by atoms with Gasteiger partial charge in [0, 0.05) is 6.54 Å². The Labute approximate surface area is 136 Å². The molecule has 2 heterocycles. The molecule has 0 bridgehead atoms. The average Bonchev–Trinajstić information content (AvgIpc) is 3.03. The predicted molar refractivity (Wildman–Crippen MR) is 78.5 cm³/mol. The summed E-state index contributed by atoms with van der Waals surface area (Å²) in [7, 11) is 0. The largest absolute Gasteiger partial charge is 0.482 e. The number of hydrogen-bond donors (Lipinski definition) is 0. The average molecular weight is 341 g/mol. The van der Waals surface area contributed by atoms with Crippen molar-refractivity contribution in [3.63, 3.8) is 0 Å². The fraction of sp³-hybridized carbons (Fsp3) is 0.333. The monoisotopic (exact) mass is 340 g/mol. The molecule has 0 unspecified atom stereocenters. The van der Waals surface area contributed by atoms with Crippen LogP contribution in [0.1, 0.15) is 29.2 Å². The molecule has 8 heteroatoms. The van der Waals surface area contributed by atoms with Crippen molar-refractivity contribution in [2.24, 2.45) is 0 Å². The lowest BCUT2D eigenvalue weighted by Crippen LogP contribution is -2.35. The van der Waals surface area contributed by atoms with E-state index in [4.69, 9.17) is 25.6 Å². The summed E-state index contributed by atoms with van der Waals surface area (Å²) in [5.41, 5.74) is 0.149. The minimum Gasteiger partial charge on any atom is -0.482 e. The molecule has 1 aliphatic rings. The summed E-state index contributed by atoms with van der Waals surface area (Å²) in [6.07, 6.45) is 3.08. The van der Waals surface area contributed by atoms with Gasteiger partial charge in [-0.25, -0.2) is 14.4 Å². The number of hydrogen-bond acceptors (Lipinski definition) is 5. The summed E-state index contributed by atoms with van der Waals surface area (Å²) in [6.45, 7) is 1.02. The number of halogens is 2. The van der Waals surface area contributed by atoms with Crippen molar-refractivity contribution in [1.29, 1.82) is 0 Å². The molecular formula is C15H14ClFN2O4. The van der Waals surface area contributed by atoms with E-state index in [9.17, 15) is 9.18 Å². The number of oxazole rings is 1. The van der Waals surface area contributed by atoms with Gasteiger partial charge in [0.2, 0.25) is 5.89 Å². The molecule has 23 heavy (non-hydrogen) atoms. The van der Waals surface area contributed by atoms with Gasteiger partial charge in [0.1, 0.15) is 17.8 Å². The zero-order chi connectivity index (χ0) is 16.2. The molecule has 0 aliphatic carbocycles. The summed E-state index contributed by atoms with van der Waals surface area (Å²) < 4.78 is 23.6. The fourth-order valence-corrected chi connectivity index (χ4v) is 2.31. The number of rotatable bonds is 4. The van der Waals surface area contributed by atoms with E-state index >= 15 is 0 Å². The van der Waals surface area contributed by atoms with Gasteiger partial charge in [-0.2, -0.15) is 0 Å². The highest BCUT2D eigenvalue weighted by molar-refractivity contribution is 6.32. The second-order valence-electron chi connectivity index (χ2n) is 4.94. The van der Waals surface area contributed by atoms with E-state index in [1.807, 2.05) is 0 Å². The van der Waals surface area contributed by atoms with Gasteiger partial charge in [-0.15, -0.1) is 0 Å². The second-order valence-corrected chi connectivity index (χ2v) is 5.34. The molecule has 1 aromatic carbocycles. The standard InChI is InChI=1S/C15H14ClFN2O4/c16-11-7-10(17)3-4-13(11)21-9-14-18-12(8-22-14)15(20)19-5-1-2-6-23-19/h3-4,7-8H,1-2,5-6,9H2. The van der Waals surface area contributed by atoms with Gasteiger partial charge in [0.05, 0.1) is 11.6 Å². The van der Waals surface area contributed by atoms with Crippen LogP contribution in [0, 0.1) is 5.82 Å². The van der Waals surface area contributed by atoms with Crippen LogP contribution in [-0.4, -0.2) is 29.1 Å². The Bertz CT molecular complexity index is 701. The first-order chi connectivity index (χ1) is 11.1. The van der Waals surface area contributed by atoms with Crippen LogP contribution in [0.4, 0.5) is 4.39 Å². The lowest BCUT2D eigenvalue weighted by Gasteiger charge is -2.24. The van der Waals surface area contributed by atoms with Crippen molar-refractivity contribution >= 4 is 17.5 Å². The molecule has 0 radical (unpaired) electrons. The number of ether oxygens (including phenoxy) is 1. The number of hydroxylamine groups is 2. The van der Waals surface area contributed by atoms with E-state index in [0.717, 1.165) is 18.9 Å². The third-order valence-corrected chi connectivity index (χ3v) is 3.54. The Morgan fingerprint density at radius 1 is 1.43 bits per heavy atom. The molecule has 1 fully saturated rings. The van der Waals surface area contributed by atoms with Crippen LogP contribution in [0.25, 0.3) is 0 Å². The van der Waals surface area contributed by atoms with Crippen LogP contribution in [0.15, 0.2) is 28.9 Å². The second kappa shape index (κ2) is 6.97. The molecule has 2 aromatic rings. The molecule has 1 amide bonds. The van der Waals surface area contributed by atoms with Crippen molar-refractivity contribution in [2.45, 2.75) is 19.4 Å². The van der Waals surface area contributed by atoms with Gasteiger partial charge in [-0.05, 0) is 31.0 Å². The zero-order valence-electron chi connectivity index (χ0n) is 12.1. The first kappa shape index (κ1) is 15.8. The van der Waals surface area contributed by atoms with Gasteiger partial charge in [-0.1, -0.05) is 11.6 Å². The number of aromatic nitrogens is 1. The number of benzene rings is 1. The molecule has 1 saturated heterocycles. The highest BCUT2D eigenvalue weighted by Crippen LogP contribution is 2.25. The highest BCUT2D eigenvalue weighted by Gasteiger charge is 2.22. The van der Waals surface area contributed by atoms with Crippen LogP contribution in [0.2, 0.25) is 5.02 Å². The molecule has 1 aromatic heterocycles. The van der Waals surface area contributed by atoms with Gasteiger partial charge in [-0.3, -0.25) is 9.63 Å². The van der Waals surface area contributed by atoms with E-state index in [1.54, 1.807) is 0 Å². The molecule has 0 atom stereocenters. The van der Waals surface area contributed by atoms with Gasteiger partial charge < -0.3 is 9.15 Å². The molecule has 0 N–H and O–H groups in total. The Balaban J connectivity index is 1.61. The maximum absolute atomic E-state index is 13.0. The maximum Gasteiger partial charge on any atom is 0.299 e. The normalized spacial score (nSPS) is 14.8. The van der Waals surface area contributed by atoms with E-state index in [-0.39, 0.29) is 29.1 Å². The van der Waals surface area contributed by atoms with E-state index in [0.29, 0.717) is 18.9 Å². The van der Waals surface area contributed by atoms with Crippen LogP contribution in [0.3, 0.4) is 0 Å². The number of carbonyl (C=O) groups excluding carboxylic acids is 1. The SMILES string of the molecule is O=C(c1coc(COc2ccc(F)cc2Cl)n1)N1CCCCO1. The molecule has 0 spiro atoms. The van der Waals surface area contributed by atoms with Crippen LogP contribution >= 0.6 is 11.6 Å². The Morgan fingerprint density at radius 2 is 2.30 bits per heavy atom. The number of nitrogens with zero attached hydrogens (tertiary/aromatic N) is 2. The first-order valence-corrected chi connectivity index (χ1v) is 7.48. The quantitative estimate of drug-likeness (QED) is 0.855. The van der Waals surface area contributed by atoms with Gasteiger partial charge in [0.25, 0.3) is 5.91 Å². The van der Waals surface area contributed by atoms with E-state index in [2.05, 4.69) is 4.98 Å². The summed E-state index contributed by atoms with van der Waals surface area (Å²) in [5, 5.41) is 1.43. The first-order valence-electron chi connectivity index (χ1n) is 7.10. The number of amides is 1. The zero-order valence-corrected chi connectivity index (χ0v) is 12.9. The molecular weight excluding hydrogens is 327 g/mol. The molecule has 122 valence electrons. The lowest BCUT2D eigenvalue weighted by molar-refractivity contribution is -0.144. The van der Waals surface area contributed by atoms with E-state index < -0.39 is 5.82 Å². The third kappa shape index (κ3) is 3.80. The summed E-state index contributed by atoms with van der Waals surface area (Å²) in [6, 6.07) is 3.79. The summed E-state index contributed by atoms with van der Waals surface area (Å²) >= 11 is 5.86. The topological polar surface area (TPSA) is 64.8 Å². The summed E-state index contributed by atoms with van der Waals surface area (Å²) in [5.74, 6) is -0.281.